The summed E-state index contributed by atoms with van der Waals surface area (Å²) in [4.78, 5) is 9.03. The van der Waals surface area contributed by atoms with Gasteiger partial charge in [-0.3, -0.25) is 9.98 Å². The van der Waals surface area contributed by atoms with Gasteiger partial charge in [0.25, 0.3) is 0 Å². The first-order chi connectivity index (χ1) is 11.2. The molecule has 23 heavy (non-hydrogen) atoms. The fourth-order valence-corrected chi connectivity index (χ4v) is 3.44. The number of rotatable bonds is 7. The van der Waals surface area contributed by atoms with Gasteiger partial charge >= 0.3 is 0 Å². The van der Waals surface area contributed by atoms with E-state index in [-0.39, 0.29) is 0 Å². The zero-order valence-electron chi connectivity index (χ0n) is 15.0. The summed E-state index contributed by atoms with van der Waals surface area (Å²) in [5.41, 5.74) is 3.06. The van der Waals surface area contributed by atoms with Gasteiger partial charge in [-0.15, -0.1) is 0 Å². The van der Waals surface area contributed by atoms with Gasteiger partial charge in [0.15, 0.2) is 5.96 Å². The van der Waals surface area contributed by atoms with E-state index in [1.54, 1.807) is 0 Å². The molecule has 0 unspecified atom stereocenters. The second-order valence-electron chi connectivity index (χ2n) is 6.73. The van der Waals surface area contributed by atoms with Gasteiger partial charge in [0.2, 0.25) is 0 Å². The normalized spacial score (nSPS) is 17.3. The number of guanidine groups is 1. The summed E-state index contributed by atoms with van der Waals surface area (Å²) in [7, 11) is 0. The first-order valence-corrected chi connectivity index (χ1v) is 9.11. The van der Waals surface area contributed by atoms with Crippen molar-refractivity contribution in [3.05, 3.63) is 29.6 Å². The van der Waals surface area contributed by atoms with Crippen LogP contribution in [0.4, 0.5) is 0 Å². The Kier molecular flexibility index (Phi) is 6.87. The molecule has 1 aliphatic carbocycles. The van der Waals surface area contributed by atoms with Gasteiger partial charge in [0.1, 0.15) is 0 Å². The van der Waals surface area contributed by atoms with Gasteiger partial charge in [-0.1, -0.05) is 19.8 Å². The molecule has 1 saturated carbocycles. The second-order valence-corrected chi connectivity index (χ2v) is 6.73. The Bertz CT molecular complexity index is 504. The monoisotopic (exact) mass is 316 g/mol. The lowest BCUT2D eigenvalue weighted by atomic mass is 9.84. The first kappa shape index (κ1) is 17.8. The highest BCUT2D eigenvalue weighted by atomic mass is 15.2. The van der Waals surface area contributed by atoms with Crippen LogP contribution < -0.4 is 10.6 Å². The number of nitrogens with zero attached hydrogens (tertiary/aromatic N) is 2. The van der Waals surface area contributed by atoms with E-state index in [0.717, 1.165) is 32.0 Å². The fraction of sp³-hybridized carbons (Fsp3) is 0.684. The average molecular weight is 316 g/mol. The Labute approximate surface area is 141 Å². The minimum Gasteiger partial charge on any atom is -0.357 e. The first-order valence-electron chi connectivity index (χ1n) is 9.11. The van der Waals surface area contributed by atoms with Gasteiger partial charge in [-0.2, -0.15) is 0 Å². The Balaban J connectivity index is 1.88. The zero-order chi connectivity index (χ0) is 16.5. The molecule has 0 aliphatic heterocycles. The molecule has 1 aliphatic rings. The molecule has 1 fully saturated rings. The number of nitrogens with one attached hydrogen (secondary N) is 2. The van der Waals surface area contributed by atoms with E-state index in [4.69, 9.17) is 4.99 Å². The highest BCUT2D eigenvalue weighted by molar-refractivity contribution is 5.79. The smallest absolute Gasteiger partial charge is 0.191 e. The van der Waals surface area contributed by atoms with Crippen molar-refractivity contribution in [1.29, 1.82) is 0 Å². The predicted molar refractivity (Wildman–Crippen MR) is 97.9 cm³/mol. The molecular formula is C19H32N4. The molecule has 2 rings (SSSR count). The second kappa shape index (κ2) is 8.90. The fourth-order valence-electron chi connectivity index (χ4n) is 3.44. The Morgan fingerprint density at radius 3 is 2.70 bits per heavy atom. The molecule has 0 amide bonds. The quantitative estimate of drug-likeness (QED) is 0.598. The molecule has 0 aromatic carbocycles. The lowest BCUT2D eigenvalue weighted by Gasteiger charge is -2.25. The topological polar surface area (TPSA) is 49.3 Å². The zero-order valence-corrected chi connectivity index (χ0v) is 15.0. The number of aliphatic imine (C=N–C) groups is 1. The molecule has 0 atom stereocenters. The van der Waals surface area contributed by atoms with E-state index in [1.807, 2.05) is 12.4 Å². The van der Waals surface area contributed by atoms with E-state index < -0.39 is 0 Å². The van der Waals surface area contributed by atoms with Crippen molar-refractivity contribution >= 4 is 5.96 Å². The van der Waals surface area contributed by atoms with Crippen LogP contribution in [0.2, 0.25) is 0 Å². The van der Waals surface area contributed by atoms with Gasteiger partial charge < -0.3 is 10.6 Å². The summed E-state index contributed by atoms with van der Waals surface area (Å²) in [5.74, 6) is 0.957. The van der Waals surface area contributed by atoms with Crippen LogP contribution in [0, 0.1) is 12.3 Å². The molecule has 0 radical (unpaired) electrons. The largest absolute Gasteiger partial charge is 0.357 e. The molecule has 2 N–H and O–H groups in total. The summed E-state index contributed by atoms with van der Waals surface area (Å²) >= 11 is 0. The van der Waals surface area contributed by atoms with Crippen molar-refractivity contribution in [2.24, 2.45) is 10.4 Å². The Morgan fingerprint density at radius 1 is 1.26 bits per heavy atom. The number of pyridine rings is 1. The van der Waals surface area contributed by atoms with E-state index in [0.29, 0.717) is 5.41 Å². The summed E-state index contributed by atoms with van der Waals surface area (Å²) in [5, 5.41) is 6.86. The third kappa shape index (κ3) is 5.22. The third-order valence-corrected chi connectivity index (χ3v) is 5.15. The van der Waals surface area contributed by atoms with Crippen LogP contribution in [-0.2, 0) is 6.42 Å². The number of aromatic nitrogens is 1. The van der Waals surface area contributed by atoms with Gasteiger partial charge in [0, 0.05) is 32.0 Å². The van der Waals surface area contributed by atoms with Crippen LogP contribution in [0.1, 0.15) is 57.1 Å². The van der Waals surface area contributed by atoms with Crippen LogP contribution in [0.3, 0.4) is 0 Å². The lowest BCUT2D eigenvalue weighted by molar-refractivity contribution is 0.297. The van der Waals surface area contributed by atoms with Crippen LogP contribution in [-0.4, -0.2) is 30.6 Å². The van der Waals surface area contributed by atoms with Crippen LogP contribution in [0.5, 0.6) is 0 Å². The van der Waals surface area contributed by atoms with Crippen molar-refractivity contribution < 1.29 is 0 Å². The van der Waals surface area contributed by atoms with E-state index in [1.165, 1.54) is 43.2 Å². The molecule has 0 spiro atoms. The van der Waals surface area contributed by atoms with Crippen LogP contribution in [0.15, 0.2) is 23.5 Å². The molecule has 1 heterocycles. The molecule has 1 aromatic heterocycles. The summed E-state index contributed by atoms with van der Waals surface area (Å²) < 4.78 is 0. The molecule has 0 saturated heterocycles. The molecule has 4 nitrogen and oxygen atoms in total. The average Bonchev–Trinajstić information content (AvgIpc) is 3.04. The SMILES string of the molecule is CCNC(=NCC1(CC)CCCC1)NCCc1ccncc1C. The highest BCUT2D eigenvalue weighted by Gasteiger charge is 2.31. The molecule has 4 heteroatoms. The minimum atomic E-state index is 0.448. The summed E-state index contributed by atoms with van der Waals surface area (Å²) in [6, 6.07) is 2.10. The number of hydrogen-bond donors (Lipinski definition) is 2. The van der Waals surface area contributed by atoms with Gasteiger partial charge in [-0.25, -0.2) is 0 Å². The standard InChI is InChI=1S/C19H32N4/c1-4-19(10-6-7-11-19)15-23-18(21-5-2)22-13-9-17-8-12-20-14-16(17)3/h8,12,14H,4-7,9-11,13,15H2,1-3H3,(H2,21,22,23). The molecule has 1 aromatic rings. The van der Waals surface area contributed by atoms with Crippen molar-refractivity contribution in [2.45, 2.75) is 59.3 Å². The highest BCUT2D eigenvalue weighted by Crippen LogP contribution is 2.41. The summed E-state index contributed by atoms with van der Waals surface area (Å²) in [6.07, 6.45) is 11.4. The van der Waals surface area contributed by atoms with E-state index >= 15 is 0 Å². The molecule has 128 valence electrons. The van der Waals surface area contributed by atoms with Crippen molar-refractivity contribution in [2.75, 3.05) is 19.6 Å². The molecule has 0 bridgehead atoms. The van der Waals surface area contributed by atoms with E-state index in [2.05, 4.69) is 42.5 Å². The maximum atomic E-state index is 4.87. The van der Waals surface area contributed by atoms with Crippen molar-refractivity contribution in [1.82, 2.24) is 15.6 Å². The minimum absolute atomic E-state index is 0.448. The Hall–Kier alpha value is -1.58. The van der Waals surface area contributed by atoms with Crippen LogP contribution in [0.25, 0.3) is 0 Å². The lowest BCUT2D eigenvalue weighted by Crippen LogP contribution is -2.39. The number of aryl methyl sites for hydroxylation is 1. The van der Waals surface area contributed by atoms with Crippen LogP contribution >= 0.6 is 0 Å². The van der Waals surface area contributed by atoms with Crippen molar-refractivity contribution in [3.63, 3.8) is 0 Å². The maximum absolute atomic E-state index is 4.87. The van der Waals surface area contributed by atoms with Gasteiger partial charge in [-0.05, 0) is 62.1 Å². The van der Waals surface area contributed by atoms with E-state index in [9.17, 15) is 0 Å². The third-order valence-electron chi connectivity index (χ3n) is 5.15. The summed E-state index contributed by atoms with van der Waals surface area (Å²) in [6.45, 7) is 9.30. The predicted octanol–water partition coefficient (Wildman–Crippen LogP) is 3.46. The Morgan fingerprint density at radius 2 is 2.04 bits per heavy atom. The maximum Gasteiger partial charge on any atom is 0.191 e. The number of hydrogen-bond acceptors (Lipinski definition) is 2. The van der Waals surface area contributed by atoms with Crippen molar-refractivity contribution in [3.8, 4) is 0 Å². The van der Waals surface area contributed by atoms with Gasteiger partial charge in [0.05, 0.1) is 0 Å². The molecular weight excluding hydrogens is 284 g/mol.